The van der Waals surface area contributed by atoms with E-state index in [-0.39, 0.29) is 17.6 Å². The number of aliphatic hydroxyl groups excluding tert-OH is 1. The highest BCUT2D eigenvalue weighted by Crippen LogP contribution is 2.31. The smallest absolute Gasteiger partial charge is 0.280 e. The van der Waals surface area contributed by atoms with Crippen LogP contribution < -0.4 is 11.3 Å². The molecule has 0 aromatic carbocycles. The molecule has 0 radical (unpaired) electrons. The van der Waals surface area contributed by atoms with Gasteiger partial charge in [0, 0.05) is 6.42 Å². The van der Waals surface area contributed by atoms with Crippen molar-refractivity contribution < 1.29 is 9.84 Å². The zero-order valence-corrected chi connectivity index (χ0v) is 12.4. The van der Waals surface area contributed by atoms with Crippen LogP contribution in [0.2, 0.25) is 0 Å². The molecular weight excluding hydrogens is 286 g/mol. The fourth-order valence-electron chi connectivity index (χ4n) is 2.53. The lowest BCUT2D eigenvalue weighted by Crippen LogP contribution is -2.20. The van der Waals surface area contributed by atoms with Gasteiger partial charge in [-0.25, -0.2) is 4.98 Å². The van der Waals surface area contributed by atoms with Crippen molar-refractivity contribution in [1.29, 1.82) is 0 Å². The van der Waals surface area contributed by atoms with Crippen LogP contribution in [0.15, 0.2) is 23.3 Å². The Balaban J connectivity index is 1.93. The summed E-state index contributed by atoms with van der Waals surface area (Å²) in [6.07, 6.45) is 4.37. The van der Waals surface area contributed by atoms with Crippen LogP contribution in [0.1, 0.15) is 26.5 Å². The Morgan fingerprint density at radius 2 is 2.36 bits per heavy atom. The fourth-order valence-corrected chi connectivity index (χ4v) is 2.53. The van der Waals surface area contributed by atoms with E-state index in [2.05, 4.69) is 28.8 Å². The molecule has 22 heavy (non-hydrogen) atoms. The molecular formula is C14H19N5O3. The zero-order valence-electron chi connectivity index (χ0n) is 12.4. The van der Waals surface area contributed by atoms with Gasteiger partial charge in [0.2, 0.25) is 5.95 Å². The van der Waals surface area contributed by atoms with Crippen LogP contribution in [0.5, 0.6) is 0 Å². The number of aromatic amines is 1. The average Bonchev–Trinajstić information content (AvgIpc) is 3.00. The minimum absolute atomic E-state index is 0.00277. The number of nitrogen functional groups attached to an aromatic ring is 1. The largest absolute Gasteiger partial charge is 0.388 e. The molecule has 8 nitrogen and oxygen atoms in total. The van der Waals surface area contributed by atoms with Gasteiger partial charge in [-0.1, -0.05) is 26.0 Å². The van der Waals surface area contributed by atoms with Gasteiger partial charge in [0.25, 0.3) is 5.56 Å². The van der Waals surface area contributed by atoms with Crippen molar-refractivity contribution in [3.8, 4) is 0 Å². The third-order valence-electron chi connectivity index (χ3n) is 3.55. The SMILES string of the molecule is CC(C)/C=C/[C@@H]1C[C@@H](O)[C@H](n2cnc3c(=O)[nH]c(N)nc32)O1. The number of hydrogen-bond acceptors (Lipinski definition) is 6. The monoisotopic (exact) mass is 305 g/mol. The minimum Gasteiger partial charge on any atom is -0.388 e. The van der Waals surface area contributed by atoms with Crippen molar-refractivity contribution in [1.82, 2.24) is 19.5 Å². The lowest BCUT2D eigenvalue weighted by molar-refractivity contribution is -0.0228. The van der Waals surface area contributed by atoms with Crippen molar-refractivity contribution >= 4 is 17.1 Å². The van der Waals surface area contributed by atoms with Crippen LogP contribution in [0.3, 0.4) is 0 Å². The molecule has 0 saturated carbocycles. The van der Waals surface area contributed by atoms with E-state index in [0.29, 0.717) is 18.0 Å². The first kappa shape index (κ1) is 14.7. The number of anilines is 1. The average molecular weight is 305 g/mol. The number of nitrogens with zero attached hydrogens (tertiary/aromatic N) is 3. The van der Waals surface area contributed by atoms with Crippen LogP contribution in [0.4, 0.5) is 5.95 Å². The standard InChI is InChI=1S/C14H19N5O3/c1-7(2)3-4-8-5-9(20)13(22-8)19-6-16-10-11(19)17-14(15)18-12(10)21/h3-4,6-9,13,20H,5H2,1-2H3,(H3,15,17,18,21)/b4-3+/t8-,9-,13-/m1/s1. The first-order chi connectivity index (χ1) is 10.5. The summed E-state index contributed by atoms with van der Waals surface area (Å²) >= 11 is 0. The summed E-state index contributed by atoms with van der Waals surface area (Å²) in [4.78, 5) is 22.3. The van der Waals surface area contributed by atoms with Crippen molar-refractivity contribution in [3.63, 3.8) is 0 Å². The molecule has 3 atom stereocenters. The molecule has 0 amide bonds. The van der Waals surface area contributed by atoms with Crippen LogP contribution in [-0.4, -0.2) is 36.8 Å². The molecule has 1 fully saturated rings. The van der Waals surface area contributed by atoms with Gasteiger partial charge in [0.1, 0.15) is 6.10 Å². The molecule has 0 aliphatic carbocycles. The fraction of sp³-hybridized carbons (Fsp3) is 0.500. The number of aliphatic hydroxyl groups is 1. The Morgan fingerprint density at radius 1 is 1.59 bits per heavy atom. The van der Waals surface area contributed by atoms with Crippen molar-refractivity contribution in [2.75, 3.05) is 5.73 Å². The lowest BCUT2D eigenvalue weighted by atomic mass is 10.1. The number of allylic oxidation sites excluding steroid dienone is 1. The van der Waals surface area contributed by atoms with E-state index in [4.69, 9.17) is 10.5 Å². The molecule has 4 N–H and O–H groups in total. The Kier molecular flexibility index (Phi) is 3.71. The second-order valence-corrected chi connectivity index (χ2v) is 5.77. The van der Waals surface area contributed by atoms with Gasteiger partial charge in [0.05, 0.1) is 12.4 Å². The van der Waals surface area contributed by atoms with E-state index in [1.54, 1.807) is 4.57 Å². The summed E-state index contributed by atoms with van der Waals surface area (Å²) in [6, 6.07) is 0. The maximum absolute atomic E-state index is 11.8. The maximum atomic E-state index is 11.8. The number of imidazole rings is 1. The number of ether oxygens (including phenoxy) is 1. The first-order valence-electron chi connectivity index (χ1n) is 7.20. The normalized spacial score (nSPS) is 25.7. The number of H-pyrrole nitrogens is 1. The highest BCUT2D eigenvalue weighted by Gasteiger charge is 2.35. The number of nitrogens with one attached hydrogen (secondary N) is 1. The van der Waals surface area contributed by atoms with Gasteiger partial charge in [0.15, 0.2) is 17.4 Å². The van der Waals surface area contributed by atoms with Gasteiger partial charge in [-0.05, 0) is 5.92 Å². The van der Waals surface area contributed by atoms with Gasteiger partial charge in [-0.15, -0.1) is 0 Å². The van der Waals surface area contributed by atoms with Gasteiger partial charge < -0.3 is 15.6 Å². The van der Waals surface area contributed by atoms with E-state index < -0.39 is 17.9 Å². The molecule has 1 aliphatic heterocycles. The summed E-state index contributed by atoms with van der Waals surface area (Å²) in [6.45, 7) is 4.14. The highest BCUT2D eigenvalue weighted by atomic mass is 16.5. The van der Waals surface area contributed by atoms with Crippen molar-refractivity contribution in [2.45, 2.75) is 38.7 Å². The summed E-state index contributed by atoms with van der Waals surface area (Å²) in [5, 5.41) is 10.2. The topological polar surface area (TPSA) is 119 Å². The van der Waals surface area contributed by atoms with Crippen LogP contribution in [0.25, 0.3) is 11.2 Å². The van der Waals surface area contributed by atoms with Gasteiger partial charge in [-0.3, -0.25) is 14.3 Å². The minimum atomic E-state index is -0.707. The predicted molar refractivity (Wildman–Crippen MR) is 81.1 cm³/mol. The molecule has 0 unspecified atom stereocenters. The number of hydrogen-bond donors (Lipinski definition) is 3. The van der Waals surface area contributed by atoms with Crippen molar-refractivity contribution in [3.05, 3.63) is 28.8 Å². The van der Waals surface area contributed by atoms with E-state index in [1.165, 1.54) is 6.33 Å². The lowest BCUT2D eigenvalue weighted by Gasteiger charge is -2.16. The molecule has 1 aliphatic rings. The maximum Gasteiger partial charge on any atom is 0.280 e. The Hall–Kier alpha value is -2.19. The van der Waals surface area contributed by atoms with Crippen LogP contribution >= 0.6 is 0 Å². The molecule has 2 aromatic rings. The first-order valence-corrected chi connectivity index (χ1v) is 7.20. The Bertz CT molecular complexity index is 763. The predicted octanol–water partition coefficient (Wildman–Crippen LogP) is 0.562. The Morgan fingerprint density at radius 3 is 3.09 bits per heavy atom. The summed E-state index contributed by atoms with van der Waals surface area (Å²) in [5.41, 5.74) is 5.64. The quantitative estimate of drug-likeness (QED) is 0.713. The van der Waals surface area contributed by atoms with Gasteiger partial charge >= 0.3 is 0 Å². The summed E-state index contributed by atoms with van der Waals surface area (Å²) in [7, 11) is 0. The molecule has 3 rings (SSSR count). The number of rotatable bonds is 3. The number of aromatic nitrogens is 4. The third kappa shape index (κ3) is 2.62. The third-order valence-corrected chi connectivity index (χ3v) is 3.55. The van der Waals surface area contributed by atoms with E-state index in [0.717, 1.165) is 0 Å². The molecule has 0 spiro atoms. The van der Waals surface area contributed by atoms with Gasteiger partial charge in [-0.2, -0.15) is 4.98 Å². The van der Waals surface area contributed by atoms with Crippen molar-refractivity contribution in [2.24, 2.45) is 5.92 Å². The molecule has 0 bridgehead atoms. The van der Waals surface area contributed by atoms with E-state index >= 15 is 0 Å². The molecule has 118 valence electrons. The Labute approximate surface area is 126 Å². The van der Waals surface area contributed by atoms with E-state index in [1.807, 2.05) is 12.2 Å². The zero-order chi connectivity index (χ0) is 15.9. The molecule has 2 aromatic heterocycles. The second-order valence-electron chi connectivity index (χ2n) is 5.77. The highest BCUT2D eigenvalue weighted by molar-refractivity contribution is 5.70. The number of nitrogens with two attached hydrogens (primary N) is 1. The van der Waals surface area contributed by atoms with Crippen LogP contribution in [-0.2, 0) is 4.74 Å². The van der Waals surface area contributed by atoms with E-state index in [9.17, 15) is 9.90 Å². The molecule has 8 heteroatoms. The van der Waals surface area contributed by atoms with Crippen LogP contribution in [0, 0.1) is 5.92 Å². The molecule has 1 saturated heterocycles. The summed E-state index contributed by atoms with van der Waals surface area (Å²) in [5.74, 6) is 0.414. The summed E-state index contributed by atoms with van der Waals surface area (Å²) < 4.78 is 7.40. The molecule has 3 heterocycles. The second kappa shape index (κ2) is 5.54. The number of fused-ring (bicyclic) bond motifs is 1.